The Labute approximate surface area is 147 Å². The first-order valence-corrected chi connectivity index (χ1v) is 9.80. The molecule has 24 heavy (non-hydrogen) atoms. The molecule has 1 fully saturated rings. The van der Waals surface area contributed by atoms with Crippen molar-refractivity contribution in [2.24, 2.45) is 5.10 Å². The number of amides is 2. The predicted octanol–water partition coefficient (Wildman–Crippen LogP) is 2.97. The standard InChI is InChI=1S/C18H25N3O2S/c1-24-13-12-16(19-17(22)14-8-4-2-5-9-14)18(23)21-20-15-10-6-3-7-11-15/h2,4-5,8-9,16H,3,6-7,10-13H2,1H3,(H,19,22)(H,21,23). The Hall–Kier alpha value is -1.82. The first kappa shape index (κ1) is 18.5. The van der Waals surface area contributed by atoms with E-state index >= 15 is 0 Å². The summed E-state index contributed by atoms with van der Waals surface area (Å²) in [6, 6.07) is 8.37. The monoisotopic (exact) mass is 347 g/mol. The Kier molecular flexibility index (Phi) is 7.82. The van der Waals surface area contributed by atoms with E-state index in [0.29, 0.717) is 12.0 Å². The molecule has 0 heterocycles. The van der Waals surface area contributed by atoms with Crippen molar-refractivity contribution < 1.29 is 9.59 Å². The average Bonchev–Trinajstić information content (AvgIpc) is 2.64. The Morgan fingerprint density at radius 2 is 1.88 bits per heavy atom. The summed E-state index contributed by atoms with van der Waals surface area (Å²) in [6.07, 6.45) is 7.96. The van der Waals surface area contributed by atoms with Gasteiger partial charge in [-0.25, -0.2) is 5.43 Å². The van der Waals surface area contributed by atoms with Crippen molar-refractivity contribution >= 4 is 29.3 Å². The van der Waals surface area contributed by atoms with Gasteiger partial charge in [-0.15, -0.1) is 0 Å². The quantitative estimate of drug-likeness (QED) is 0.745. The van der Waals surface area contributed by atoms with Crippen molar-refractivity contribution in [3.05, 3.63) is 35.9 Å². The van der Waals surface area contributed by atoms with Gasteiger partial charge >= 0.3 is 0 Å². The minimum absolute atomic E-state index is 0.234. The fourth-order valence-electron chi connectivity index (χ4n) is 2.62. The van der Waals surface area contributed by atoms with Crippen LogP contribution < -0.4 is 10.7 Å². The predicted molar refractivity (Wildman–Crippen MR) is 99.4 cm³/mol. The first-order valence-electron chi connectivity index (χ1n) is 8.41. The Morgan fingerprint density at radius 1 is 1.17 bits per heavy atom. The number of hydrogen-bond donors (Lipinski definition) is 2. The molecule has 0 saturated heterocycles. The molecule has 0 aromatic heterocycles. The molecule has 2 amide bonds. The average molecular weight is 347 g/mol. The maximum Gasteiger partial charge on any atom is 0.262 e. The summed E-state index contributed by atoms with van der Waals surface area (Å²) in [5.41, 5.74) is 4.25. The van der Waals surface area contributed by atoms with E-state index < -0.39 is 6.04 Å². The normalized spacial score (nSPS) is 15.5. The van der Waals surface area contributed by atoms with Gasteiger partial charge in [0.1, 0.15) is 6.04 Å². The van der Waals surface area contributed by atoms with Gasteiger partial charge in [0.2, 0.25) is 0 Å². The highest BCUT2D eigenvalue weighted by atomic mass is 32.2. The van der Waals surface area contributed by atoms with Crippen LogP contribution in [0.2, 0.25) is 0 Å². The highest BCUT2D eigenvalue weighted by Crippen LogP contribution is 2.14. The molecule has 1 atom stereocenters. The van der Waals surface area contributed by atoms with Crippen LogP contribution >= 0.6 is 11.8 Å². The molecule has 2 rings (SSSR count). The second kappa shape index (κ2) is 10.1. The van der Waals surface area contributed by atoms with Gasteiger partial charge in [-0.1, -0.05) is 24.6 Å². The van der Waals surface area contributed by atoms with E-state index in [1.165, 1.54) is 6.42 Å². The minimum atomic E-state index is -0.571. The van der Waals surface area contributed by atoms with Crippen LogP contribution in [-0.2, 0) is 4.79 Å². The van der Waals surface area contributed by atoms with Crippen LogP contribution in [0.15, 0.2) is 35.4 Å². The Bertz CT molecular complexity index is 567. The second-order valence-electron chi connectivity index (χ2n) is 5.89. The fraction of sp³-hybridized carbons (Fsp3) is 0.500. The van der Waals surface area contributed by atoms with E-state index in [4.69, 9.17) is 0 Å². The van der Waals surface area contributed by atoms with E-state index in [9.17, 15) is 9.59 Å². The number of hydrogen-bond acceptors (Lipinski definition) is 4. The number of carbonyl (C=O) groups is 2. The molecule has 1 aliphatic rings. The van der Waals surface area contributed by atoms with Crippen LogP contribution in [0.4, 0.5) is 0 Å². The van der Waals surface area contributed by atoms with E-state index in [2.05, 4.69) is 15.8 Å². The number of hydrazone groups is 1. The summed E-state index contributed by atoms with van der Waals surface area (Å²) in [4.78, 5) is 24.7. The third kappa shape index (κ3) is 6.00. The van der Waals surface area contributed by atoms with Crippen LogP contribution in [0.5, 0.6) is 0 Å². The van der Waals surface area contributed by atoms with Gasteiger partial charge in [0.25, 0.3) is 11.8 Å². The molecule has 1 unspecified atom stereocenters. The fourth-order valence-corrected chi connectivity index (χ4v) is 3.09. The Morgan fingerprint density at radius 3 is 2.54 bits per heavy atom. The van der Waals surface area contributed by atoms with Crippen molar-refractivity contribution in [1.29, 1.82) is 0 Å². The van der Waals surface area contributed by atoms with Gasteiger partial charge in [0, 0.05) is 11.3 Å². The molecule has 5 nitrogen and oxygen atoms in total. The topological polar surface area (TPSA) is 70.6 Å². The number of nitrogens with zero attached hydrogens (tertiary/aromatic N) is 1. The lowest BCUT2D eigenvalue weighted by atomic mass is 9.99. The summed E-state index contributed by atoms with van der Waals surface area (Å²) in [6.45, 7) is 0. The van der Waals surface area contributed by atoms with E-state index in [0.717, 1.165) is 37.1 Å². The second-order valence-corrected chi connectivity index (χ2v) is 6.87. The largest absolute Gasteiger partial charge is 0.340 e. The summed E-state index contributed by atoms with van der Waals surface area (Å²) < 4.78 is 0. The molecule has 0 spiro atoms. The van der Waals surface area contributed by atoms with Crippen LogP contribution in [-0.4, -0.2) is 35.6 Å². The molecule has 0 radical (unpaired) electrons. The van der Waals surface area contributed by atoms with Crippen LogP contribution in [0.25, 0.3) is 0 Å². The van der Waals surface area contributed by atoms with Gasteiger partial charge in [-0.05, 0) is 56.2 Å². The zero-order chi connectivity index (χ0) is 17.2. The lowest BCUT2D eigenvalue weighted by Gasteiger charge is -2.18. The van der Waals surface area contributed by atoms with Gasteiger partial charge < -0.3 is 5.32 Å². The summed E-state index contributed by atoms with van der Waals surface area (Å²) in [5, 5.41) is 7.07. The molecule has 1 aliphatic carbocycles. The van der Waals surface area contributed by atoms with Gasteiger partial charge in [0.05, 0.1) is 0 Å². The van der Waals surface area contributed by atoms with Gasteiger partial charge in [-0.2, -0.15) is 16.9 Å². The molecule has 2 N–H and O–H groups in total. The van der Waals surface area contributed by atoms with Crippen LogP contribution in [0.3, 0.4) is 0 Å². The summed E-state index contributed by atoms with van der Waals surface area (Å²) >= 11 is 1.65. The molecule has 130 valence electrons. The smallest absolute Gasteiger partial charge is 0.262 e. The van der Waals surface area contributed by atoms with Crippen LogP contribution in [0, 0.1) is 0 Å². The molecule has 1 saturated carbocycles. The molecule has 1 aromatic carbocycles. The molecule has 1 aromatic rings. The Balaban J connectivity index is 1.95. The van der Waals surface area contributed by atoms with Gasteiger partial charge in [0.15, 0.2) is 0 Å². The lowest BCUT2D eigenvalue weighted by Crippen LogP contribution is -2.46. The zero-order valence-corrected chi connectivity index (χ0v) is 14.9. The zero-order valence-electron chi connectivity index (χ0n) is 14.1. The third-order valence-electron chi connectivity index (χ3n) is 4.02. The molecular weight excluding hydrogens is 322 g/mol. The van der Waals surface area contributed by atoms with E-state index in [1.807, 2.05) is 12.3 Å². The van der Waals surface area contributed by atoms with E-state index in [-0.39, 0.29) is 11.8 Å². The minimum Gasteiger partial charge on any atom is -0.340 e. The SMILES string of the molecule is CSCCC(NC(=O)c1ccccc1)C(=O)NN=C1CCCCC1. The van der Waals surface area contributed by atoms with Crippen LogP contribution in [0.1, 0.15) is 48.9 Å². The molecule has 6 heteroatoms. The lowest BCUT2D eigenvalue weighted by molar-refractivity contribution is -0.123. The van der Waals surface area contributed by atoms with E-state index in [1.54, 1.807) is 36.0 Å². The maximum absolute atomic E-state index is 12.4. The molecule has 0 aliphatic heterocycles. The number of rotatable bonds is 7. The van der Waals surface area contributed by atoms with Crippen molar-refractivity contribution in [3.63, 3.8) is 0 Å². The third-order valence-corrected chi connectivity index (χ3v) is 4.67. The maximum atomic E-state index is 12.4. The number of nitrogens with one attached hydrogen (secondary N) is 2. The van der Waals surface area contributed by atoms with Crippen molar-refractivity contribution in [3.8, 4) is 0 Å². The number of thioether (sulfide) groups is 1. The van der Waals surface area contributed by atoms with Crippen molar-refractivity contribution in [2.45, 2.75) is 44.6 Å². The molecule has 0 bridgehead atoms. The summed E-state index contributed by atoms with van der Waals surface area (Å²) in [7, 11) is 0. The van der Waals surface area contributed by atoms with Crippen molar-refractivity contribution in [1.82, 2.24) is 10.7 Å². The first-order chi connectivity index (χ1) is 11.7. The van der Waals surface area contributed by atoms with Gasteiger partial charge in [-0.3, -0.25) is 9.59 Å². The number of benzene rings is 1. The highest BCUT2D eigenvalue weighted by Gasteiger charge is 2.21. The van der Waals surface area contributed by atoms with Crippen molar-refractivity contribution in [2.75, 3.05) is 12.0 Å². The number of carbonyl (C=O) groups excluding carboxylic acids is 2. The highest BCUT2D eigenvalue weighted by molar-refractivity contribution is 7.98. The molecular formula is C18H25N3O2S. The summed E-state index contributed by atoms with van der Waals surface area (Å²) in [5.74, 6) is 0.317.